The summed E-state index contributed by atoms with van der Waals surface area (Å²) in [6.45, 7) is 8.27. The van der Waals surface area contributed by atoms with Gasteiger partial charge in [-0.2, -0.15) is 0 Å². The molecule has 0 unspecified atom stereocenters. The summed E-state index contributed by atoms with van der Waals surface area (Å²) in [5.41, 5.74) is 2.49. The number of fused-ring (bicyclic) bond motifs is 1. The molecule has 0 radical (unpaired) electrons. The topological polar surface area (TPSA) is 31.1 Å². The highest BCUT2D eigenvalue weighted by Crippen LogP contribution is 2.31. The molecule has 0 bridgehead atoms. The quantitative estimate of drug-likeness (QED) is 0.776. The van der Waals surface area contributed by atoms with Gasteiger partial charge in [0.25, 0.3) is 0 Å². The monoisotopic (exact) mass is 391 g/mol. The molecule has 2 heterocycles. The molecule has 21 heavy (non-hydrogen) atoms. The Morgan fingerprint density at radius 3 is 2.62 bits per heavy atom. The zero-order valence-corrected chi connectivity index (χ0v) is 14.9. The van der Waals surface area contributed by atoms with Gasteiger partial charge in [0.1, 0.15) is 0 Å². The lowest BCUT2D eigenvalue weighted by molar-refractivity contribution is 0.204. The summed E-state index contributed by atoms with van der Waals surface area (Å²) in [4.78, 5) is 5.84. The van der Waals surface area contributed by atoms with Crippen LogP contribution in [0.15, 0.2) is 41.5 Å². The predicted octanol–water partition coefficient (Wildman–Crippen LogP) is 3.91. The van der Waals surface area contributed by atoms with Gasteiger partial charge in [-0.15, -0.1) is 31.4 Å². The van der Waals surface area contributed by atoms with Crippen molar-refractivity contribution in [3.63, 3.8) is 0 Å². The first-order valence-corrected chi connectivity index (χ1v) is 7.43. The van der Waals surface area contributed by atoms with E-state index in [1.54, 1.807) is 0 Å². The van der Waals surface area contributed by atoms with Gasteiger partial charge >= 0.3 is 0 Å². The SMILES string of the molecule is C=C[C@@H](c1c[nH]c2ccc(Br)cc12)N1CCNCC1.Cl.Cl. The molecule has 1 aromatic heterocycles. The number of benzene rings is 1. The maximum absolute atomic E-state index is 4.03. The standard InChI is InChI=1S/C15H18BrN3.2ClH/c1-2-15(19-7-5-17-6-8-19)13-10-18-14-4-3-11(16)9-12(13)14;;/h2-4,9-10,15,17-18H,1,5-8H2;2*1H/t15-;;/m0../s1. The number of halogens is 3. The van der Waals surface area contributed by atoms with Gasteiger partial charge in [-0.05, 0) is 23.8 Å². The number of hydrogen-bond acceptors (Lipinski definition) is 2. The first-order chi connectivity index (χ1) is 9.29. The molecule has 0 amide bonds. The summed E-state index contributed by atoms with van der Waals surface area (Å²) in [7, 11) is 0. The van der Waals surface area contributed by atoms with Crippen molar-refractivity contribution in [1.29, 1.82) is 0 Å². The number of piperazine rings is 1. The molecule has 0 spiro atoms. The average molecular weight is 393 g/mol. The van der Waals surface area contributed by atoms with Gasteiger partial charge in [0.15, 0.2) is 0 Å². The molecule has 1 aromatic carbocycles. The Hall–Kier alpha value is -0.520. The second kappa shape index (κ2) is 8.20. The second-order valence-corrected chi connectivity index (χ2v) is 5.82. The summed E-state index contributed by atoms with van der Waals surface area (Å²) < 4.78 is 1.11. The van der Waals surface area contributed by atoms with Gasteiger partial charge in [0.05, 0.1) is 6.04 Å². The lowest BCUT2D eigenvalue weighted by Crippen LogP contribution is -2.44. The van der Waals surface area contributed by atoms with Crippen molar-refractivity contribution >= 4 is 51.6 Å². The Morgan fingerprint density at radius 1 is 1.24 bits per heavy atom. The van der Waals surface area contributed by atoms with Gasteiger partial charge in [0, 0.05) is 47.8 Å². The molecule has 1 aliphatic rings. The fourth-order valence-corrected chi connectivity index (χ4v) is 3.15. The van der Waals surface area contributed by atoms with Crippen LogP contribution >= 0.6 is 40.7 Å². The summed E-state index contributed by atoms with van der Waals surface area (Å²) in [5, 5.41) is 4.67. The molecular weight excluding hydrogens is 373 g/mol. The van der Waals surface area contributed by atoms with Crippen LogP contribution in [0, 0.1) is 0 Å². The molecule has 2 N–H and O–H groups in total. The van der Waals surface area contributed by atoms with E-state index in [0.717, 1.165) is 30.7 Å². The summed E-state index contributed by atoms with van der Waals surface area (Å²) in [5.74, 6) is 0. The Balaban J connectivity index is 0.00000110. The average Bonchev–Trinajstić information content (AvgIpc) is 2.84. The Kier molecular flexibility index (Phi) is 7.24. The predicted molar refractivity (Wildman–Crippen MR) is 97.9 cm³/mol. The van der Waals surface area contributed by atoms with Crippen molar-refractivity contribution in [2.24, 2.45) is 0 Å². The van der Waals surface area contributed by atoms with E-state index in [2.05, 4.69) is 68.2 Å². The van der Waals surface area contributed by atoms with Gasteiger partial charge in [-0.25, -0.2) is 0 Å². The number of aromatic nitrogens is 1. The number of nitrogens with one attached hydrogen (secondary N) is 2. The number of H-pyrrole nitrogens is 1. The molecule has 6 heteroatoms. The highest BCUT2D eigenvalue weighted by atomic mass is 79.9. The van der Waals surface area contributed by atoms with Crippen LogP contribution in [0.3, 0.4) is 0 Å². The third kappa shape index (κ3) is 3.82. The van der Waals surface area contributed by atoms with Crippen molar-refractivity contribution in [3.8, 4) is 0 Å². The Bertz CT molecular complexity index is 594. The summed E-state index contributed by atoms with van der Waals surface area (Å²) in [6, 6.07) is 6.64. The normalized spacial score (nSPS) is 16.8. The lowest BCUT2D eigenvalue weighted by atomic mass is 10.0. The fourth-order valence-electron chi connectivity index (χ4n) is 2.79. The Morgan fingerprint density at radius 2 is 1.95 bits per heavy atom. The van der Waals surface area contributed by atoms with Crippen LogP contribution < -0.4 is 5.32 Å². The van der Waals surface area contributed by atoms with E-state index in [9.17, 15) is 0 Å². The third-order valence-electron chi connectivity index (χ3n) is 3.76. The van der Waals surface area contributed by atoms with Crippen LogP contribution in [0.25, 0.3) is 10.9 Å². The van der Waals surface area contributed by atoms with Crippen LogP contribution in [0.5, 0.6) is 0 Å². The maximum Gasteiger partial charge on any atom is 0.0551 e. The van der Waals surface area contributed by atoms with Crippen LogP contribution in [0.2, 0.25) is 0 Å². The van der Waals surface area contributed by atoms with Crippen LogP contribution in [0.1, 0.15) is 11.6 Å². The number of rotatable bonds is 3. The minimum Gasteiger partial charge on any atom is -0.361 e. The molecule has 1 fully saturated rings. The third-order valence-corrected chi connectivity index (χ3v) is 4.26. The smallest absolute Gasteiger partial charge is 0.0551 e. The van der Waals surface area contributed by atoms with Gasteiger partial charge in [0.2, 0.25) is 0 Å². The van der Waals surface area contributed by atoms with E-state index >= 15 is 0 Å². The lowest BCUT2D eigenvalue weighted by Gasteiger charge is -2.33. The Labute approximate surface area is 146 Å². The first kappa shape index (κ1) is 18.5. The van der Waals surface area contributed by atoms with E-state index in [4.69, 9.17) is 0 Å². The molecule has 3 rings (SSSR count). The molecule has 3 nitrogen and oxygen atoms in total. The van der Waals surface area contributed by atoms with Gasteiger partial charge in [-0.1, -0.05) is 22.0 Å². The minimum absolute atomic E-state index is 0. The first-order valence-electron chi connectivity index (χ1n) is 6.63. The van der Waals surface area contributed by atoms with E-state index in [1.807, 2.05) is 0 Å². The van der Waals surface area contributed by atoms with Crippen molar-refractivity contribution in [1.82, 2.24) is 15.2 Å². The number of nitrogens with zero attached hydrogens (tertiary/aromatic N) is 1. The number of hydrogen-bond donors (Lipinski definition) is 2. The van der Waals surface area contributed by atoms with E-state index < -0.39 is 0 Å². The zero-order valence-electron chi connectivity index (χ0n) is 11.6. The maximum atomic E-state index is 4.03. The fraction of sp³-hybridized carbons (Fsp3) is 0.333. The molecule has 116 valence electrons. The summed E-state index contributed by atoms with van der Waals surface area (Å²) in [6.07, 6.45) is 4.17. The molecule has 1 atom stereocenters. The van der Waals surface area contributed by atoms with Crippen LogP contribution in [-0.2, 0) is 0 Å². The molecule has 0 saturated carbocycles. The zero-order chi connectivity index (χ0) is 13.2. The molecule has 2 aromatic rings. The van der Waals surface area contributed by atoms with E-state index in [0.29, 0.717) is 0 Å². The van der Waals surface area contributed by atoms with Crippen LogP contribution in [-0.4, -0.2) is 36.1 Å². The second-order valence-electron chi connectivity index (χ2n) is 4.90. The van der Waals surface area contributed by atoms with Crippen LogP contribution in [0.4, 0.5) is 0 Å². The highest BCUT2D eigenvalue weighted by Gasteiger charge is 2.21. The van der Waals surface area contributed by atoms with E-state index in [-0.39, 0.29) is 30.9 Å². The van der Waals surface area contributed by atoms with Gasteiger partial charge < -0.3 is 10.3 Å². The molecular formula is C15H20BrCl2N3. The summed E-state index contributed by atoms with van der Waals surface area (Å²) >= 11 is 3.56. The van der Waals surface area contributed by atoms with E-state index in [1.165, 1.54) is 16.5 Å². The molecule has 1 aliphatic heterocycles. The molecule has 1 saturated heterocycles. The minimum atomic E-state index is 0. The molecule has 0 aliphatic carbocycles. The van der Waals surface area contributed by atoms with Crippen molar-refractivity contribution in [2.75, 3.05) is 26.2 Å². The van der Waals surface area contributed by atoms with Gasteiger partial charge in [-0.3, -0.25) is 4.90 Å². The van der Waals surface area contributed by atoms with Crippen molar-refractivity contribution < 1.29 is 0 Å². The number of aromatic amines is 1. The highest BCUT2D eigenvalue weighted by molar-refractivity contribution is 9.10. The van der Waals surface area contributed by atoms with Crippen molar-refractivity contribution in [3.05, 3.63) is 47.1 Å². The van der Waals surface area contributed by atoms with Crippen molar-refractivity contribution in [2.45, 2.75) is 6.04 Å². The largest absolute Gasteiger partial charge is 0.361 e.